The Kier molecular flexibility index (Phi) is 24.8. The number of carboxylic acids is 2. The first kappa shape index (κ1) is 28.1. The second-order valence-corrected chi connectivity index (χ2v) is 5.81. The summed E-state index contributed by atoms with van der Waals surface area (Å²) < 4.78 is 0. The summed E-state index contributed by atoms with van der Waals surface area (Å²) in [6.45, 7) is 3.98. The molecule has 0 aromatic carbocycles. The van der Waals surface area contributed by atoms with Gasteiger partial charge in [-0.05, 0) is 25.7 Å². The van der Waals surface area contributed by atoms with Crippen LogP contribution in [0.2, 0.25) is 0 Å². The van der Waals surface area contributed by atoms with Crippen molar-refractivity contribution in [3.63, 3.8) is 0 Å². The van der Waals surface area contributed by atoms with Gasteiger partial charge in [0, 0.05) is 35.5 Å². The quantitative estimate of drug-likeness (QED) is 0.323. The maximum Gasteiger partial charge on any atom is 2.00 e. The summed E-state index contributed by atoms with van der Waals surface area (Å²) in [5.74, 6) is -2.10. The van der Waals surface area contributed by atoms with Crippen LogP contribution in [-0.2, 0) is 9.59 Å². The zero-order valence-electron chi connectivity index (χ0n) is 13.8. The first-order valence-corrected chi connectivity index (χ1v) is 8.18. The number of hydrogen-bond donors (Lipinski definition) is 0. The van der Waals surface area contributed by atoms with Gasteiger partial charge in [0.15, 0.2) is 0 Å². The summed E-state index contributed by atoms with van der Waals surface area (Å²) in [5, 5.41) is 20.1. The van der Waals surface area contributed by atoms with Gasteiger partial charge in [-0.2, -0.15) is 0 Å². The Morgan fingerprint density at radius 3 is 1.35 bits per heavy atom. The number of halogens is 2. The van der Waals surface area contributed by atoms with Crippen molar-refractivity contribution in [2.24, 2.45) is 0 Å². The maximum atomic E-state index is 9.92. The summed E-state index contributed by atoms with van der Waals surface area (Å²) in [6, 6.07) is 0. The van der Waals surface area contributed by atoms with Gasteiger partial charge in [-0.15, -0.1) is 23.2 Å². The fourth-order valence-electron chi connectivity index (χ4n) is 1.18. The molecule has 0 saturated carbocycles. The van der Waals surface area contributed by atoms with E-state index in [1.54, 1.807) is 24.3 Å². The summed E-state index contributed by atoms with van der Waals surface area (Å²) in [6.07, 6.45) is 9.90. The van der Waals surface area contributed by atoms with Crippen LogP contribution in [0.1, 0.15) is 52.4 Å². The molecule has 0 heterocycles. The van der Waals surface area contributed by atoms with E-state index in [0.29, 0.717) is 0 Å². The average molecular weight is 391 g/mol. The third-order valence-corrected chi connectivity index (χ3v) is 3.55. The van der Waals surface area contributed by atoms with Crippen molar-refractivity contribution >= 4 is 72.9 Å². The van der Waals surface area contributed by atoms with Crippen molar-refractivity contribution in [1.29, 1.82) is 0 Å². The molecule has 2 atom stereocenters. The van der Waals surface area contributed by atoms with Crippen LogP contribution < -0.4 is 10.2 Å². The normalized spacial score (nSPS) is 13.0. The van der Waals surface area contributed by atoms with Gasteiger partial charge in [-0.1, -0.05) is 38.2 Å². The Labute approximate surface area is 178 Å². The number of alkyl halides is 2. The molecule has 0 aromatic heterocycles. The molecular weight excluding hydrogens is 367 g/mol. The maximum absolute atomic E-state index is 9.92. The van der Waals surface area contributed by atoms with Gasteiger partial charge in [0.1, 0.15) is 0 Å². The Bertz CT molecular complexity index is 326. The topological polar surface area (TPSA) is 80.3 Å². The van der Waals surface area contributed by atoms with Crippen LogP contribution in [0.5, 0.6) is 0 Å². The number of carboxylic acid groups (broad SMARTS) is 2. The molecule has 2 unspecified atom stereocenters. The third kappa shape index (κ3) is 27.4. The average Bonchev–Trinajstić information content (AvgIpc) is 2.47. The number of aliphatic carboxylic acids is 2. The molecule has 0 spiro atoms. The first-order valence-electron chi connectivity index (χ1n) is 7.31. The SMILES string of the molecule is CCC(Cl)C/C=C/CC(=O)[O-].CCC(Cl)C/C=C/CC(=O)[O-].[Ca+2]. The molecule has 0 N–H and O–H groups in total. The third-order valence-electron chi connectivity index (χ3n) is 2.57. The van der Waals surface area contributed by atoms with Gasteiger partial charge in [-0.3, -0.25) is 0 Å². The van der Waals surface area contributed by atoms with E-state index in [0.717, 1.165) is 25.7 Å². The number of rotatable bonds is 10. The smallest absolute Gasteiger partial charge is 0.550 e. The number of hydrogen-bond acceptors (Lipinski definition) is 4. The summed E-state index contributed by atoms with van der Waals surface area (Å²) in [5.41, 5.74) is 0. The fraction of sp³-hybridized carbons (Fsp3) is 0.625. The molecular formula is C16H24CaCl2O4. The Balaban J connectivity index is -0.000000333. The van der Waals surface area contributed by atoms with Crippen LogP contribution in [-0.4, -0.2) is 60.4 Å². The fourth-order valence-corrected chi connectivity index (χ4v) is 1.39. The molecule has 0 fully saturated rings. The van der Waals surface area contributed by atoms with Gasteiger partial charge < -0.3 is 19.8 Å². The van der Waals surface area contributed by atoms with Gasteiger partial charge in [-0.25, -0.2) is 0 Å². The van der Waals surface area contributed by atoms with Gasteiger partial charge >= 0.3 is 37.7 Å². The van der Waals surface area contributed by atoms with Gasteiger partial charge in [0.25, 0.3) is 0 Å². The Hall–Kier alpha value is 0.260. The van der Waals surface area contributed by atoms with Crippen LogP contribution in [0.25, 0.3) is 0 Å². The number of carbonyl (C=O) groups excluding carboxylic acids is 2. The first-order chi connectivity index (χ1) is 10.3. The monoisotopic (exact) mass is 390 g/mol. The van der Waals surface area contributed by atoms with Crippen LogP contribution >= 0.6 is 23.2 Å². The van der Waals surface area contributed by atoms with E-state index in [1.165, 1.54) is 0 Å². The number of carbonyl (C=O) groups is 2. The van der Waals surface area contributed by atoms with E-state index in [1.807, 2.05) is 13.8 Å². The zero-order valence-corrected chi connectivity index (χ0v) is 17.5. The van der Waals surface area contributed by atoms with Crippen LogP contribution in [0.3, 0.4) is 0 Å². The largest absolute Gasteiger partial charge is 2.00 e. The predicted octanol–water partition coefficient (Wildman–Crippen LogP) is 1.80. The molecule has 0 aliphatic carbocycles. The molecule has 7 heteroatoms. The van der Waals surface area contributed by atoms with Crippen molar-refractivity contribution in [1.82, 2.24) is 0 Å². The molecule has 0 aliphatic heterocycles. The molecule has 0 rings (SSSR count). The second kappa shape index (κ2) is 20.3. The zero-order chi connectivity index (χ0) is 17.4. The van der Waals surface area contributed by atoms with E-state index in [-0.39, 0.29) is 61.3 Å². The van der Waals surface area contributed by atoms with Crippen LogP contribution in [0.4, 0.5) is 0 Å². The number of allylic oxidation sites excluding steroid dienone is 2. The van der Waals surface area contributed by atoms with Crippen molar-refractivity contribution in [2.45, 2.75) is 63.1 Å². The molecule has 23 heavy (non-hydrogen) atoms. The van der Waals surface area contributed by atoms with E-state index < -0.39 is 11.9 Å². The van der Waals surface area contributed by atoms with E-state index >= 15 is 0 Å². The molecule has 0 aromatic rings. The van der Waals surface area contributed by atoms with Crippen molar-refractivity contribution in [3.05, 3.63) is 24.3 Å². The summed E-state index contributed by atoms with van der Waals surface area (Å²) in [7, 11) is 0. The molecule has 128 valence electrons. The molecule has 0 saturated heterocycles. The van der Waals surface area contributed by atoms with Crippen molar-refractivity contribution in [2.75, 3.05) is 0 Å². The van der Waals surface area contributed by atoms with E-state index in [9.17, 15) is 19.8 Å². The second-order valence-electron chi connectivity index (χ2n) is 4.58. The molecule has 0 aliphatic rings. The van der Waals surface area contributed by atoms with Crippen molar-refractivity contribution in [3.8, 4) is 0 Å². The van der Waals surface area contributed by atoms with Crippen molar-refractivity contribution < 1.29 is 19.8 Å². The summed E-state index contributed by atoms with van der Waals surface area (Å²) >= 11 is 11.5. The Morgan fingerprint density at radius 1 is 0.826 bits per heavy atom. The minimum absolute atomic E-state index is 0. The molecule has 0 bridgehead atoms. The van der Waals surface area contributed by atoms with Gasteiger partial charge in [0.2, 0.25) is 0 Å². The van der Waals surface area contributed by atoms with E-state index in [4.69, 9.17) is 23.2 Å². The van der Waals surface area contributed by atoms with Gasteiger partial charge in [0.05, 0.1) is 0 Å². The predicted molar refractivity (Wildman–Crippen MR) is 92.4 cm³/mol. The summed E-state index contributed by atoms with van der Waals surface area (Å²) in [4.78, 5) is 19.8. The molecule has 0 amide bonds. The minimum atomic E-state index is -1.05. The van der Waals surface area contributed by atoms with E-state index in [2.05, 4.69) is 0 Å². The minimum Gasteiger partial charge on any atom is -0.550 e. The van der Waals surface area contributed by atoms with Crippen LogP contribution in [0, 0.1) is 0 Å². The standard InChI is InChI=1S/2C8H13ClO2.Ca/c2*1-2-7(9)5-3-4-6-8(10)11;/h2*3-4,7H,2,5-6H2,1H3,(H,10,11);/q;;+2/p-2/b2*4-3+;. The molecule has 4 nitrogen and oxygen atoms in total. The molecule has 0 radical (unpaired) electrons. The Morgan fingerprint density at radius 2 is 1.13 bits per heavy atom. The van der Waals surface area contributed by atoms with Crippen LogP contribution in [0.15, 0.2) is 24.3 Å².